The molecule has 0 radical (unpaired) electrons. The Morgan fingerprint density at radius 3 is 2.63 bits per heavy atom. The van der Waals surface area contributed by atoms with Gasteiger partial charge in [-0.25, -0.2) is 9.97 Å². The second kappa shape index (κ2) is 7.80. The number of anilines is 3. The summed E-state index contributed by atoms with van der Waals surface area (Å²) in [5.74, 6) is 0.583. The zero-order valence-corrected chi connectivity index (χ0v) is 17.2. The third kappa shape index (κ3) is 3.62. The van der Waals surface area contributed by atoms with Crippen LogP contribution >= 0.6 is 0 Å². The molecular weight excluding hydrogens is 374 g/mol. The van der Waals surface area contributed by atoms with Crippen LogP contribution in [0.2, 0.25) is 0 Å². The van der Waals surface area contributed by atoms with E-state index in [4.69, 9.17) is 9.72 Å². The van der Waals surface area contributed by atoms with Crippen LogP contribution in [0.3, 0.4) is 0 Å². The maximum absolute atomic E-state index is 5.90. The van der Waals surface area contributed by atoms with Crippen molar-refractivity contribution in [1.82, 2.24) is 15.0 Å². The Morgan fingerprint density at radius 1 is 1.00 bits per heavy atom. The number of ether oxygens (including phenoxy) is 1. The molecule has 1 aliphatic rings. The second-order valence-corrected chi connectivity index (χ2v) is 7.82. The number of hydrogen-bond acceptors (Lipinski definition) is 5. The number of para-hydroxylation sites is 3. The van der Waals surface area contributed by atoms with E-state index in [1.807, 2.05) is 30.5 Å². The minimum atomic E-state index is 0.197. The lowest BCUT2D eigenvalue weighted by Gasteiger charge is -2.37. The van der Waals surface area contributed by atoms with Crippen LogP contribution in [0.15, 0.2) is 67.0 Å². The fourth-order valence-electron chi connectivity index (χ4n) is 4.20. The molecule has 152 valence electrons. The number of fused-ring (bicyclic) bond motifs is 1. The zero-order chi connectivity index (χ0) is 20.5. The summed E-state index contributed by atoms with van der Waals surface area (Å²) in [6.45, 7) is 5.96. The van der Waals surface area contributed by atoms with Gasteiger partial charge < -0.3 is 19.9 Å². The Morgan fingerprint density at radius 2 is 1.77 bits per heavy atom. The minimum Gasteiger partial charge on any atom is -0.372 e. The first-order valence-corrected chi connectivity index (χ1v) is 10.3. The van der Waals surface area contributed by atoms with Crippen molar-refractivity contribution in [3.05, 3.63) is 67.0 Å². The molecule has 1 fully saturated rings. The lowest BCUT2D eigenvalue weighted by Crippen LogP contribution is -2.45. The lowest BCUT2D eigenvalue weighted by molar-refractivity contribution is -0.00517. The summed E-state index contributed by atoms with van der Waals surface area (Å²) < 4.78 is 5.90. The largest absolute Gasteiger partial charge is 0.372 e. The number of nitrogens with one attached hydrogen (secondary N) is 2. The Balaban J connectivity index is 1.45. The molecule has 0 aliphatic carbocycles. The molecule has 0 amide bonds. The van der Waals surface area contributed by atoms with Gasteiger partial charge in [0.05, 0.1) is 29.3 Å². The summed E-state index contributed by atoms with van der Waals surface area (Å²) in [5, 5.41) is 4.59. The summed E-state index contributed by atoms with van der Waals surface area (Å²) in [6.07, 6.45) is 4.20. The third-order valence-electron chi connectivity index (χ3n) is 5.43. The van der Waals surface area contributed by atoms with Gasteiger partial charge in [0.1, 0.15) is 0 Å². The van der Waals surface area contributed by atoms with Gasteiger partial charge in [-0.05, 0) is 38.1 Å². The van der Waals surface area contributed by atoms with Gasteiger partial charge in [0.2, 0.25) is 5.95 Å². The summed E-state index contributed by atoms with van der Waals surface area (Å²) in [4.78, 5) is 14.9. The van der Waals surface area contributed by atoms with Crippen molar-refractivity contribution in [3.8, 4) is 11.3 Å². The number of benzene rings is 2. The standard InChI is InChI=1S/C24H25N5O/c1-16-14-29(15-17(2)30-16)23-10-6-5-9-22(23)28-24-25-12-11-21(27-24)19-13-26-20-8-4-3-7-18(19)20/h3-13,16-17,26H,14-15H2,1-2H3,(H,25,27,28)/t16-,17?/m0/s1. The van der Waals surface area contributed by atoms with E-state index in [1.54, 1.807) is 6.20 Å². The Labute approximate surface area is 175 Å². The van der Waals surface area contributed by atoms with E-state index >= 15 is 0 Å². The maximum Gasteiger partial charge on any atom is 0.227 e. The van der Waals surface area contributed by atoms with Gasteiger partial charge in [0, 0.05) is 41.9 Å². The molecule has 3 heterocycles. The third-order valence-corrected chi connectivity index (χ3v) is 5.43. The summed E-state index contributed by atoms with van der Waals surface area (Å²) in [5.41, 5.74) is 5.19. The van der Waals surface area contributed by atoms with E-state index < -0.39 is 0 Å². The van der Waals surface area contributed by atoms with Crippen LogP contribution < -0.4 is 10.2 Å². The predicted octanol–water partition coefficient (Wildman–Crippen LogP) is 4.98. The van der Waals surface area contributed by atoms with Gasteiger partial charge in [0.15, 0.2) is 0 Å². The van der Waals surface area contributed by atoms with Crippen molar-refractivity contribution < 1.29 is 4.74 Å². The summed E-state index contributed by atoms with van der Waals surface area (Å²) in [7, 11) is 0. The number of rotatable bonds is 4. The zero-order valence-electron chi connectivity index (χ0n) is 17.2. The topological polar surface area (TPSA) is 66.1 Å². The molecule has 0 bridgehead atoms. The molecule has 6 heteroatoms. The Hall–Kier alpha value is -3.38. The lowest BCUT2D eigenvalue weighted by atomic mass is 10.1. The molecule has 1 saturated heterocycles. The number of morpholine rings is 1. The smallest absolute Gasteiger partial charge is 0.227 e. The fraction of sp³-hybridized carbons (Fsp3) is 0.250. The first-order valence-electron chi connectivity index (χ1n) is 10.3. The predicted molar refractivity (Wildman–Crippen MR) is 121 cm³/mol. The molecule has 1 aliphatic heterocycles. The van der Waals surface area contributed by atoms with Crippen LogP contribution in [0.5, 0.6) is 0 Å². The monoisotopic (exact) mass is 399 g/mol. The normalized spacial score (nSPS) is 19.2. The van der Waals surface area contributed by atoms with Crippen LogP contribution in [0, 0.1) is 0 Å². The quantitative estimate of drug-likeness (QED) is 0.506. The van der Waals surface area contributed by atoms with Crippen molar-refractivity contribution in [2.24, 2.45) is 0 Å². The molecule has 0 spiro atoms. The van der Waals surface area contributed by atoms with Crippen LogP contribution in [0.25, 0.3) is 22.2 Å². The average molecular weight is 399 g/mol. The molecule has 0 saturated carbocycles. The highest BCUT2D eigenvalue weighted by atomic mass is 16.5. The Kier molecular flexibility index (Phi) is 4.85. The minimum absolute atomic E-state index is 0.197. The van der Waals surface area contributed by atoms with Gasteiger partial charge in [-0.15, -0.1) is 0 Å². The molecule has 6 nitrogen and oxygen atoms in total. The van der Waals surface area contributed by atoms with Crippen molar-refractivity contribution in [3.63, 3.8) is 0 Å². The number of H-pyrrole nitrogens is 1. The number of aromatic amines is 1. The van der Waals surface area contributed by atoms with Crippen LogP contribution in [0.4, 0.5) is 17.3 Å². The summed E-state index contributed by atoms with van der Waals surface area (Å²) >= 11 is 0. The second-order valence-electron chi connectivity index (χ2n) is 7.82. The summed E-state index contributed by atoms with van der Waals surface area (Å²) in [6, 6.07) is 18.5. The van der Waals surface area contributed by atoms with Crippen LogP contribution in [-0.2, 0) is 4.74 Å². The highest BCUT2D eigenvalue weighted by Crippen LogP contribution is 2.31. The van der Waals surface area contributed by atoms with Crippen LogP contribution in [-0.4, -0.2) is 40.2 Å². The molecule has 4 aromatic rings. The van der Waals surface area contributed by atoms with Gasteiger partial charge in [0.25, 0.3) is 0 Å². The van der Waals surface area contributed by atoms with Gasteiger partial charge in [-0.1, -0.05) is 30.3 Å². The van der Waals surface area contributed by atoms with E-state index in [1.165, 1.54) is 0 Å². The van der Waals surface area contributed by atoms with E-state index in [2.05, 4.69) is 64.4 Å². The van der Waals surface area contributed by atoms with Crippen molar-refractivity contribution in [2.75, 3.05) is 23.3 Å². The molecule has 30 heavy (non-hydrogen) atoms. The molecular formula is C24H25N5O. The Bertz CT molecular complexity index is 1160. The van der Waals surface area contributed by atoms with Gasteiger partial charge in [-0.3, -0.25) is 0 Å². The van der Waals surface area contributed by atoms with E-state index in [0.717, 1.165) is 46.6 Å². The van der Waals surface area contributed by atoms with E-state index in [9.17, 15) is 0 Å². The molecule has 5 rings (SSSR count). The van der Waals surface area contributed by atoms with Gasteiger partial charge >= 0.3 is 0 Å². The number of hydrogen-bond donors (Lipinski definition) is 2. The maximum atomic E-state index is 5.90. The number of aromatic nitrogens is 3. The highest BCUT2D eigenvalue weighted by molar-refractivity contribution is 5.94. The van der Waals surface area contributed by atoms with Crippen molar-refractivity contribution in [1.29, 1.82) is 0 Å². The molecule has 2 aromatic heterocycles. The van der Waals surface area contributed by atoms with E-state index in [-0.39, 0.29) is 12.2 Å². The van der Waals surface area contributed by atoms with Crippen molar-refractivity contribution in [2.45, 2.75) is 26.1 Å². The molecule has 2 atom stereocenters. The molecule has 1 unspecified atom stereocenters. The van der Waals surface area contributed by atoms with Crippen LogP contribution in [0.1, 0.15) is 13.8 Å². The average Bonchev–Trinajstić information content (AvgIpc) is 3.18. The van der Waals surface area contributed by atoms with E-state index in [0.29, 0.717) is 5.95 Å². The first kappa shape index (κ1) is 18.6. The van der Waals surface area contributed by atoms with Gasteiger partial charge in [-0.2, -0.15) is 0 Å². The number of nitrogens with zero attached hydrogens (tertiary/aromatic N) is 3. The van der Waals surface area contributed by atoms with Crippen molar-refractivity contribution >= 4 is 28.2 Å². The molecule has 2 aromatic carbocycles. The highest BCUT2D eigenvalue weighted by Gasteiger charge is 2.24. The first-order chi connectivity index (χ1) is 14.7. The fourth-order valence-corrected chi connectivity index (χ4v) is 4.20. The molecule has 2 N–H and O–H groups in total. The SMILES string of the molecule is CC1CN(c2ccccc2Nc2nccc(-c3c[nH]c4ccccc34)n2)C[C@H](C)O1.